The molecule has 1 amide bonds. The average Bonchev–Trinajstić information content (AvgIpc) is 3.62. The quantitative estimate of drug-likeness (QED) is 0.506. The third-order valence-electron chi connectivity index (χ3n) is 6.79. The second kappa shape index (κ2) is 8.69. The van der Waals surface area contributed by atoms with E-state index in [4.69, 9.17) is 0 Å². The summed E-state index contributed by atoms with van der Waals surface area (Å²) in [6.45, 7) is 0. The van der Waals surface area contributed by atoms with Crippen LogP contribution in [0.5, 0.6) is 0 Å². The number of rotatable bonds is 5. The molecular weight excluding hydrogens is 427 g/mol. The van der Waals surface area contributed by atoms with Gasteiger partial charge in [0.2, 0.25) is 5.91 Å². The van der Waals surface area contributed by atoms with E-state index in [0.717, 1.165) is 38.2 Å². The predicted octanol–water partition coefficient (Wildman–Crippen LogP) is 5.90. The minimum Gasteiger partial charge on any atom is -0.382 e. The summed E-state index contributed by atoms with van der Waals surface area (Å²) in [4.78, 5) is 16.5. The van der Waals surface area contributed by atoms with Crippen molar-refractivity contribution in [2.24, 2.45) is 5.92 Å². The van der Waals surface area contributed by atoms with Gasteiger partial charge < -0.3 is 10.6 Å². The molecule has 4 nitrogen and oxygen atoms in total. The van der Waals surface area contributed by atoms with E-state index in [0.29, 0.717) is 22.5 Å². The van der Waals surface area contributed by atoms with Crippen molar-refractivity contribution in [1.29, 1.82) is 0 Å². The molecular formula is C26H26F3N3O. The zero-order chi connectivity index (χ0) is 23.0. The van der Waals surface area contributed by atoms with E-state index >= 15 is 0 Å². The molecule has 3 aromatic rings. The Morgan fingerprint density at radius 2 is 1.58 bits per heavy atom. The van der Waals surface area contributed by atoms with Gasteiger partial charge in [-0.05, 0) is 55.7 Å². The van der Waals surface area contributed by atoms with E-state index in [9.17, 15) is 18.0 Å². The van der Waals surface area contributed by atoms with Gasteiger partial charge in [0.15, 0.2) is 0 Å². The van der Waals surface area contributed by atoms with Crippen LogP contribution in [-0.4, -0.2) is 23.0 Å². The van der Waals surface area contributed by atoms with Crippen LogP contribution >= 0.6 is 0 Å². The largest absolute Gasteiger partial charge is 0.433 e. The first-order valence-corrected chi connectivity index (χ1v) is 11.5. The van der Waals surface area contributed by atoms with Gasteiger partial charge in [0.1, 0.15) is 5.69 Å². The highest BCUT2D eigenvalue weighted by atomic mass is 19.4. The molecule has 0 bridgehead atoms. The molecule has 1 aromatic heterocycles. The fourth-order valence-corrected chi connectivity index (χ4v) is 4.90. The molecule has 172 valence electrons. The molecule has 0 saturated heterocycles. The fourth-order valence-electron chi connectivity index (χ4n) is 4.90. The lowest BCUT2D eigenvalue weighted by Gasteiger charge is -2.31. The van der Waals surface area contributed by atoms with Crippen LogP contribution in [0.1, 0.15) is 49.3 Å². The Kier molecular flexibility index (Phi) is 5.72. The van der Waals surface area contributed by atoms with Crippen LogP contribution in [0.25, 0.3) is 10.9 Å². The molecule has 2 aliphatic carbocycles. The Balaban J connectivity index is 1.18. The van der Waals surface area contributed by atoms with E-state index in [-0.39, 0.29) is 23.9 Å². The van der Waals surface area contributed by atoms with Crippen molar-refractivity contribution in [2.75, 3.05) is 5.32 Å². The summed E-state index contributed by atoms with van der Waals surface area (Å²) in [6.07, 6.45) is -0.416. The number of pyridine rings is 1. The Morgan fingerprint density at radius 3 is 2.30 bits per heavy atom. The van der Waals surface area contributed by atoms with Crippen molar-refractivity contribution in [3.05, 3.63) is 71.9 Å². The maximum absolute atomic E-state index is 13.3. The van der Waals surface area contributed by atoms with Crippen LogP contribution < -0.4 is 10.6 Å². The van der Waals surface area contributed by atoms with Gasteiger partial charge in [0, 0.05) is 29.1 Å². The highest BCUT2D eigenvalue weighted by molar-refractivity contribution is 5.91. The molecule has 7 heteroatoms. The van der Waals surface area contributed by atoms with Crippen LogP contribution in [0.4, 0.5) is 18.9 Å². The number of amides is 1. The lowest BCUT2D eigenvalue weighted by atomic mass is 9.90. The van der Waals surface area contributed by atoms with E-state index in [1.807, 2.05) is 18.2 Å². The van der Waals surface area contributed by atoms with Crippen molar-refractivity contribution in [1.82, 2.24) is 10.3 Å². The second-order valence-corrected chi connectivity index (χ2v) is 9.13. The number of carbonyl (C=O) groups is 1. The molecule has 2 fully saturated rings. The molecule has 2 aromatic carbocycles. The first kappa shape index (κ1) is 21.7. The van der Waals surface area contributed by atoms with Gasteiger partial charge in [-0.2, -0.15) is 13.2 Å². The third kappa shape index (κ3) is 4.82. The van der Waals surface area contributed by atoms with Crippen LogP contribution in [0.15, 0.2) is 60.7 Å². The van der Waals surface area contributed by atoms with E-state index in [1.165, 1.54) is 5.56 Å². The van der Waals surface area contributed by atoms with Crippen molar-refractivity contribution >= 4 is 22.5 Å². The highest BCUT2D eigenvalue weighted by Gasteiger charge is 2.44. The Hall–Kier alpha value is -3.09. The Labute approximate surface area is 190 Å². The summed E-state index contributed by atoms with van der Waals surface area (Å²) in [7, 11) is 0. The van der Waals surface area contributed by atoms with Gasteiger partial charge >= 0.3 is 6.18 Å². The van der Waals surface area contributed by atoms with E-state index in [1.54, 1.807) is 24.3 Å². The number of benzene rings is 2. The highest BCUT2D eigenvalue weighted by Crippen LogP contribution is 2.47. The van der Waals surface area contributed by atoms with Crippen LogP contribution in [0.2, 0.25) is 0 Å². The fraction of sp³-hybridized carbons (Fsp3) is 0.385. The molecule has 0 radical (unpaired) electrons. The maximum Gasteiger partial charge on any atom is 0.433 e. The second-order valence-electron chi connectivity index (χ2n) is 9.13. The minimum absolute atomic E-state index is 0.0484. The molecule has 2 saturated carbocycles. The molecule has 2 atom stereocenters. The van der Waals surface area contributed by atoms with Crippen molar-refractivity contribution in [2.45, 2.75) is 56.3 Å². The first-order chi connectivity index (χ1) is 15.9. The number of alkyl halides is 3. The normalized spacial score (nSPS) is 24.9. The van der Waals surface area contributed by atoms with Gasteiger partial charge in [-0.15, -0.1) is 0 Å². The number of nitrogens with zero attached hydrogens (tertiary/aromatic N) is 1. The number of fused-ring (bicyclic) bond motifs is 1. The zero-order valence-electron chi connectivity index (χ0n) is 18.1. The van der Waals surface area contributed by atoms with E-state index < -0.39 is 11.9 Å². The van der Waals surface area contributed by atoms with Gasteiger partial charge in [0.25, 0.3) is 0 Å². The van der Waals surface area contributed by atoms with Crippen LogP contribution in [-0.2, 0) is 11.0 Å². The predicted molar refractivity (Wildman–Crippen MR) is 122 cm³/mol. The number of hydrogen-bond acceptors (Lipinski definition) is 3. The SMILES string of the molecule is O=C(NC1CCC(Nc2cc(C(F)(F)F)nc3ccccc23)CC1)[C@H]1C[C@@H]1c1ccccc1. The number of aromatic nitrogens is 1. The lowest BCUT2D eigenvalue weighted by molar-refractivity contribution is -0.140. The molecule has 0 aliphatic heterocycles. The average molecular weight is 454 g/mol. The van der Waals surface area contributed by atoms with Gasteiger partial charge in [-0.1, -0.05) is 48.5 Å². The number of nitrogens with one attached hydrogen (secondary N) is 2. The number of hydrogen-bond donors (Lipinski definition) is 2. The summed E-state index contributed by atoms with van der Waals surface area (Å²) in [5, 5.41) is 7.20. The summed E-state index contributed by atoms with van der Waals surface area (Å²) < 4.78 is 40.0. The molecule has 0 unspecified atom stereocenters. The molecule has 2 aliphatic rings. The number of anilines is 1. The zero-order valence-corrected chi connectivity index (χ0v) is 18.1. The Morgan fingerprint density at radius 1 is 0.909 bits per heavy atom. The van der Waals surface area contributed by atoms with Crippen molar-refractivity contribution in [3.63, 3.8) is 0 Å². The van der Waals surface area contributed by atoms with Crippen molar-refractivity contribution < 1.29 is 18.0 Å². The third-order valence-corrected chi connectivity index (χ3v) is 6.79. The number of carbonyl (C=O) groups excluding carboxylic acids is 1. The lowest BCUT2D eigenvalue weighted by Crippen LogP contribution is -2.41. The number of halogens is 3. The van der Waals surface area contributed by atoms with Crippen LogP contribution in [0, 0.1) is 5.92 Å². The number of para-hydroxylation sites is 1. The van der Waals surface area contributed by atoms with Crippen molar-refractivity contribution in [3.8, 4) is 0 Å². The van der Waals surface area contributed by atoms with E-state index in [2.05, 4.69) is 27.8 Å². The summed E-state index contributed by atoms with van der Waals surface area (Å²) >= 11 is 0. The topological polar surface area (TPSA) is 54.0 Å². The summed E-state index contributed by atoms with van der Waals surface area (Å²) in [6, 6.07) is 18.3. The van der Waals surface area contributed by atoms with Gasteiger partial charge in [0.05, 0.1) is 5.52 Å². The maximum atomic E-state index is 13.3. The first-order valence-electron chi connectivity index (χ1n) is 11.5. The molecule has 2 N–H and O–H groups in total. The smallest absolute Gasteiger partial charge is 0.382 e. The van der Waals surface area contributed by atoms with Gasteiger partial charge in [-0.3, -0.25) is 4.79 Å². The molecule has 5 rings (SSSR count). The summed E-state index contributed by atoms with van der Waals surface area (Å²) in [5.74, 6) is 0.481. The molecule has 0 spiro atoms. The minimum atomic E-state index is -4.50. The molecule has 33 heavy (non-hydrogen) atoms. The molecule has 1 heterocycles. The monoisotopic (exact) mass is 453 g/mol. The van der Waals surface area contributed by atoms with Gasteiger partial charge in [-0.25, -0.2) is 4.98 Å². The summed E-state index contributed by atoms with van der Waals surface area (Å²) in [5.41, 5.74) is 1.12. The standard InChI is InChI=1S/C26H26F3N3O/c27-26(28,29)24-15-23(19-8-4-5-9-22(19)32-24)30-17-10-12-18(13-11-17)31-25(33)21-14-20(21)16-6-2-1-3-7-16/h1-9,15,17-18,20-21H,10-14H2,(H,30,32)(H,31,33)/t17?,18?,20-,21+/m1/s1. The Bertz CT molecular complexity index is 1140. The van der Waals surface area contributed by atoms with Crippen LogP contribution in [0.3, 0.4) is 0 Å².